The fourth-order valence-electron chi connectivity index (χ4n) is 2.58. The van der Waals surface area contributed by atoms with E-state index in [9.17, 15) is 4.55 Å². The van der Waals surface area contributed by atoms with Crippen LogP contribution in [0.1, 0.15) is 39.3 Å². The lowest BCUT2D eigenvalue weighted by Crippen LogP contribution is -2.40. The molecular formula is C20H23N3OS. The standard InChI is InChI=1S/C20H23N3OS/c1-14(23-25(24)20(2,3)4)17-13-16-11-8-12-21-19(16)22-18(17)15-9-6-5-7-10-15/h5-14,23H,1-4H3/t14-,25?/m0/s1. The first kappa shape index (κ1) is 17.9. The van der Waals surface area contributed by atoms with E-state index in [0.717, 1.165) is 22.2 Å². The summed E-state index contributed by atoms with van der Waals surface area (Å²) in [6.45, 7) is 7.91. The largest absolute Gasteiger partial charge is 0.598 e. The minimum absolute atomic E-state index is 0.104. The average molecular weight is 353 g/mol. The van der Waals surface area contributed by atoms with E-state index in [1.165, 1.54) is 0 Å². The van der Waals surface area contributed by atoms with E-state index in [1.54, 1.807) is 6.20 Å². The zero-order chi connectivity index (χ0) is 18.0. The summed E-state index contributed by atoms with van der Waals surface area (Å²) in [6.07, 6.45) is 1.75. The van der Waals surface area contributed by atoms with Crippen molar-refractivity contribution in [3.05, 3.63) is 60.3 Å². The first-order valence-corrected chi connectivity index (χ1v) is 9.50. The summed E-state index contributed by atoms with van der Waals surface area (Å²) >= 11 is -1.16. The number of aromatic nitrogens is 2. The molecule has 0 spiro atoms. The maximum atomic E-state index is 12.5. The first-order valence-electron chi connectivity index (χ1n) is 8.35. The second-order valence-electron chi connectivity index (χ2n) is 7.06. The van der Waals surface area contributed by atoms with Gasteiger partial charge < -0.3 is 4.55 Å². The number of nitrogens with one attached hydrogen (secondary N) is 1. The van der Waals surface area contributed by atoms with Crippen molar-refractivity contribution in [2.45, 2.75) is 38.5 Å². The predicted molar refractivity (Wildman–Crippen MR) is 104 cm³/mol. The molecule has 1 aromatic carbocycles. The van der Waals surface area contributed by atoms with Crippen molar-refractivity contribution in [2.75, 3.05) is 0 Å². The second kappa shape index (κ2) is 7.12. The van der Waals surface area contributed by atoms with Gasteiger partial charge in [0, 0.05) is 34.1 Å². The van der Waals surface area contributed by atoms with E-state index in [0.29, 0.717) is 5.65 Å². The highest BCUT2D eigenvalue weighted by Gasteiger charge is 2.29. The van der Waals surface area contributed by atoms with Crippen molar-refractivity contribution in [2.24, 2.45) is 0 Å². The molecule has 25 heavy (non-hydrogen) atoms. The molecule has 3 aromatic rings. The highest BCUT2D eigenvalue weighted by Crippen LogP contribution is 2.30. The summed E-state index contributed by atoms with van der Waals surface area (Å²) in [6, 6.07) is 15.9. The molecule has 0 fully saturated rings. The number of fused-ring (bicyclic) bond motifs is 1. The van der Waals surface area contributed by atoms with Gasteiger partial charge in [-0.2, -0.15) is 0 Å². The molecule has 130 valence electrons. The summed E-state index contributed by atoms with van der Waals surface area (Å²) in [4.78, 5) is 9.16. The van der Waals surface area contributed by atoms with Crippen LogP contribution < -0.4 is 4.72 Å². The highest BCUT2D eigenvalue weighted by molar-refractivity contribution is 7.90. The molecule has 1 unspecified atom stereocenters. The summed E-state index contributed by atoms with van der Waals surface area (Å²) in [7, 11) is 0. The molecule has 1 N–H and O–H groups in total. The summed E-state index contributed by atoms with van der Waals surface area (Å²) in [5.41, 5.74) is 3.64. The Morgan fingerprint density at radius 1 is 1.08 bits per heavy atom. The van der Waals surface area contributed by atoms with Crippen LogP contribution in [0.25, 0.3) is 22.3 Å². The fourth-order valence-corrected chi connectivity index (χ4v) is 3.38. The average Bonchev–Trinajstić information content (AvgIpc) is 2.60. The van der Waals surface area contributed by atoms with Crippen molar-refractivity contribution in [1.29, 1.82) is 0 Å². The maximum absolute atomic E-state index is 12.5. The molecule has 3 rings (SSSR count). The highest BCUT2D eigenvalue weighted by atomic mass is 32.2. The van der Waals surface area contributed by atoms with Gasteiger partial charge in [0.15, 0.2) is 5.65 Å². The van der Waals surface area contributed by atoms with Crippen LogP contribution in [0.3, 0.4) is 0 Å². The van der Waals surface area contributed by atoms with Crippen LogP contribution in [0.4, 0.5) is 0 Å². The topological polar surface area (TPSA) is 60.9 Å². The monoisotopic (exact) mass is 353 g/mol. The van der Waals surface area contributed by atoms with E-state index in [4.69, 9.17) is 4.98 Å². The molecule has 0 aliphatic carbocycles. The number of hydrogen-bond donors (Lipinski definition) is 1. The number of pyridine rings is 2. The van der Waals surface area contributed by atoms with Gasteiger partial charge in [0.1, 0.15) is 4.75 Å². The van der Waals surface area contributed by atoms with E-state index in [1.807, 2.05) is 70.2 Å². The Hall–Kier alpha value is -1.95. The molecule has 2 aromatic heterocycles. The molecule has 0 bridgehead atoms. The molecule has 4 nitrogen and oxygen atoms in total. The van der Waals surface area contributed by atoms with Gasteiger partial charge in [-0.3, -0.25) is 0 Å². The van der Waals surface area contributed by atoms with Gasteiger partial charge >= 0.3 is 0 Å². The summed E-state index contributed by atoms with van der Waals surface area (Å²) in [5.74, 6) is 0. The van der Waals surface area contributed by atoms with Crippen molar-refractivity contribution in [1.82, 2.24) is 14.7 Å². The van der Waals surface area contributed by atoms with Crippen molar-refractivity contribution in [3.63, 3.8) is 0 Å². The lowest BCUT2D eigenvalue weighted by atomic mass is 10.00. The Morgan fingerprint density at radius 2 is 1.80 bits per heavy atom. The van der Waals surface area contributed by atoms with Gasteiger partial charge in [0.05, 0.1) is 11.7 Å². The quantitative estimate of drug-likeness (QED) is 0.706. The Kier molecular flexibility index (Phi) is 5.08. The Balaban J connectivity index is 2.08. The van der Waals surface area contributed by atoms with E-state index >= 15 is 0 Å². The molecular weight excluding hydrogens is 330 g/mol. The Bertz CT molecular complexity index is 862. The van der Waals surface area contributed by atoms with Crippen LogP contribution in [0, 0.1) is 0 Å². The normalized spacial score (nSPS) is 14.4. The van der Waals surface area contributed by atoms with Gasteiger partial charge in [0.2, 0.25) is 0 Å². The fraction of sp³-hybridized carbons (Fsp3) is 0.300. The second-order valence-corrected chi connectivity index (χ2v) is 9.06. The van der Waals surface area contributed by atoms with E-state index in [-0.39, 0.29) is 10.8 Å². The van der Waals surface area contributed by atoms with Gasteiger partial charge in [-0.05, 0) is 45.9 Å². The van der Waals surface area contributed by atoms with Crippen LogP contribution in [0.5, 0.6) is 0 Å². The minimum atomic E-state index is -1.16. The van der Waals surface area contributed by atoms with Crippen LogP contribution in [-0.2, 0) is 11.4 Å². The number of nitrogens with zero attached hydrogens (tertiary/aromatic N) is 2. The van der Waals surface area contributed by atoms with Crippen LogP contribution in [-0.4, -0.2) is 19.3 Å². The third-order valence-electron chi connectivity index (χ3n) is 3.97. The van der Waals surface area contributed by atoms with Crippen LogP contribution >= 0.6 is 0 Å². The maximum Gasteiger partial charge on any atom is 0.159 e. The molecule has 2 heterocycles. The van der Waals surface area contributed by atoms with Crippen LogP contribution in [0.15, 0.2) is 54.7 Å². The van der Waals surface area contributed by atoms with Crippen LogP contribution in [0.2, 0.25) is 0 Å². The predicted octanol–water partition coefficient (Wildman–Crippen LogP) is 4.41. The minimum Gasteiger partial charge on any atom is -0.598 e. The summed E-state index contributed by atoms with van der Waals surface area (Å²) < 4.78 is 15.4. The molecule has 0 saturated heterocycles. The zero-order valence-corrected chi connectivity index (χ0v) is 15.8. The van der Waals surface area contributed by atoms with Crippen molar-refractivity contribution >= 4 is 22.4 Å². The number of hydrogen-bond acceptors (Lipinski definition) is 4. The van der Waals surface area contributed by atoms with Gasteiger partial charge in [-0.25, -0.2) is 9.97 Å². The molecule has 0 aliphatic heterocycles. The third-order valence-corrected chi connectivity index (χ3v) is 5.65. The molecule has 0 amide bonds. The molecule has 0 saturated carbocycles. The van der Waals surface area contributed by atoms with Gasteiger partial charge in [-0.1, -0.05) is 30.3 Å². The smallest absolute Gasteiger partial charge is 0.159 e. The lowest BCUT2D eigenvalue weighted by Gasteiger charge is -2.27. The zero-order valence-electron chi connectivity index (χ0n) is 15.0. The molecule has 0 radical (unpaired) electrons. The van der Waals surface area contributed by atoms with E-state index < -0.39 is 11.4 Å². The Labute approximate surface area is 152 Å². The molecule has 5 heteroatoms. The third kappa shape index (κ3) is 4.00. The van der Waals surface area contributed by atoms with E-state index in [2.05, 4.69) is 15.8 Å². The van der Waals surface area contributed by atoms with Crippen molar-refractivity contribution in [3.8, 4) is 11.3 Å². The number of rotatable bonds is 4. The lowest BCUT2D eigenvalue weighted by molar-refractivity contribution is 0.531. The molecule has 0 aliphatic rings. The SMILES string of the molecule is C[C@H](N[S+]([O-])C(C)(C)C)c1cc2cccnc2nc1-c1ccccc1. The summed E-state index contributed by atoms with van der Waals surface area (Å²) in [5, 5.41) is 0.979. The number of benzene rings is 1. The first-order chi connectivity index (χ1) is 11.9. The Morgan fingerprint density at radius 3 is 2.48 bits per heavy atom. The molecule has 2 atom stereocenters. The van der Waals surface area contributed by atoms with Gasteiger partial charge in [-0.15, -0.1) is 4.72 Å². The van der Waals surface area contributed by atoms with Gasteiger partial charge in [0.25, 0.3) is 0 Å². The van der Waals surface area contributed by atoms with Crippen molar-refractivity contribution < 1.29 is 4.55 Å².